The number of benzene rings is 1. The summed E-state index contributed by atoms with van der Waals surface area (Å²) in [5.74, 6) is 0. The fourth-order valence-corrected chi connectivity index (χ4v) is 1.96. The Morgan fingerprint density at radius 2 is 2.16 bits per heavy atom. The molecular formula is C16H17N3. The summed E-state index contributed by atoms with van der Waals surface area (Å²) in [5.41, 5.74) is 4.09. The van der Waals surface area contributed by atoms with Crippen molar-refractivity contribution >= 4 is 0 Å². The van der Waals surface area contributed by atoms with Gasteiger partial charge in [-0.05, 0) is 49.2 Å². The minimum atomic E-state index is 0.205. The summed E-state index contributed by atoms with van der Waals surface area (Å²) < 4.78 is 0. The number of aryl methyl sites for hydroxylation is 1. The molecule has 0 saturated heterocycles. The molecule has 1 aromatic carbocycles. The number of rotatable bonds is 4. The Labute approximate surface area is 113 Å². The van der Waals surface area contributed by atoms with Gasteiger partial charge in [-0.15, -0.1) is 0 Å². The van der Waals surface area contributed by atoms with Crippen molar-refractivity contribution in [2.45, 2.75) is 26.4 Å². The summed E-state index contributed by atoms with van der Waals surface area (Å²) in [5, 5.41) is 12.3. The van der Waals surface area contributed by atoms with Crippen LogP contribution < -0.4 is 5.32 Å². The zero-order chi connectivity index (χ0) is 13.7. The molecule has 1 N–H and O–H groups in total. The highest BCUT2D eigenvalue weighted by atomic mass is 14.9. The molecule has 0 fully saturated rings. The van der Waals surface area contributed by atoms with Crippen molar-refractivity contribution in [2.75, 3.05) is 0 Å². The Morgan fingerprint density at radius 1 is 1.32 bits per heavy atom. The van der Waals surface area contributed by atoms with Crippen LogP contribution in [0.5, 0.6) is 0 Å². The van der Waals surface area contributed by atoms with Gasteiger partial charge in [-0.3, -0.25) is 4.98 Å². The molecule has 0 radical (unpaired) electrons. The van der Waals surface area contributed by atoms with Crippen LogP contribution in [0.15, 0.2) is 42.6 Å². The maximum Gasteiger partial charge on any atom is 0.0991 e. The zero-order valence-electron chi connectivity index (χ0n) is 11.2. The summed E-state index contributed by atoms with van der Waals surface area (Å²) >= 11 is 0. The third-order valence-electron chi connectivity index (χ3n) is 3.20. The van der Waals surface area contributed by atoms with Crippen LogP contribution in [0.4, 0.5) is 0 Å². The number of nitriles is 1. The van der Waals surface area contributed by atoms with E-state index in [0.717, 1.165) is 17.8 Å². The molecular weight excluding hydrogens is 234 g/mol. The van der Waals surface area contributed by atoms with Crippen molar-refractivity contribution in [2.24, 2.45) is 0 Å². The van der Waals surface area contributed by atoms with Crippen LogP contribution in [0.3, 0.4) is 0 Å². The maximum atomic E-state index is 8.85. The molecule has 0 aliphatic rings. The van der Waals surface area contributed by atoms with E-state index in [4.69, 9.17) is 5.26 Å². The lowest BCUT2D eigenvalue weighted by molar-refractivity contribution is 0.560. The van der Waals surface area contributed by atoms with Gasteiger partial charge in [0.25, 0.3) is 0 Å². The van der Waals surface area contributed by atoms with Gasteiger partial charge in [0.1, 0.15) is 0 Å². The second-order valence-corrected chi connectivity index (χ2v) is 4.61. The zero-order valence-corrected chi connectivity index (χ0v) is 11.2. The Morgan fingerprint density at radius 3 is 2.79 bits per heavy atom. The highest BCUT2D eigenvalue weighted by Gasteiger charge is 2.06. The molecule has 0 spiro atoms. The van der Waals surface area contributed by atoms with Gasteiger partial charge in [-0.1, -0.05) is 12.1 Å². The van der Waals surface area contributed by atoms with Crippen LogP contribution in [0.1, 0.15) is 35.3 Å². The van der Waals surface area contributed by atoms with E-state index in [0.29, 0.717) is 5.56 Å². The SMILES string of the molecule is Cc1cc(C#N)ccc1CN[C@H](C)c1ccccn1. The molecule has 2 rings (SSSR count). The van der Waals surface area contributed by atoms with Crippen molar-refractivity contribution in [1.82, 2.24) is 10.3 Å². The number of nitrogens with one attached hydrogen (secondary N) is 1. The molecule has 19 heavy (non-hydrogen) atoms. The monoisotopic (exact) mass is 251 g/mol. The minimum absolute atomic E-state index is 0.205. The minimum Gasteiger partial charge on any atom is -0.305 e. The summed E-state index contributed by atoms with van der Waals surface area (Å²) in [6.07, 6.45) is 1.81. The van der Waals surface area contributed by atoms with Gasteiger partial charge in [0.05, 0.1) is 17.3 Å². The molecule has 0 amide bonds. The smallest absolute Gasteiger partial charge is 0.0991 e. The van der Waals surface area contributed by atoms with Gasteiger partial charge >= 0.3 is 0 Å². The van der Waals surface area contributed by atoms with Crippen LogP contribution >= 0.6 is 0 Å². The fourth-order valence-electron chi connectivity index (χ4n) is 1.96. The summed E-state index contributed by atoms with van der Waals surface area (Å²) in [6.45, 7) is 4.90. The topological polar surface area (TPSA) is 48.7 Å². The van der Waals surface area contributed by atoms with E-state index in [9.17, 15) is 0 Å². The molecule has 0 aliphatic carbocycles. The van der Waals surface area contributed by atoms with E-state index in [1.54, 1.807) is 6.20 Å². The number of nitrogens with zero attached hydrogens (tertiary/aromatic N) is 2. The number of pyridine rings is 1. The molecule has 1 heterocycles. The van der Waals surface area contributed by atoms with Gasteiger partial charge in [0, 0.05) is 18.8 Å². The lowest BCUT2D eigenvalue weighted by Gasteiger charge is -2.14. The maximum absolute atomic E-state index is 8.85. The fraction of sp³-hybridized carbons (Fsp3) is 0.250. The van der Waals surface area contributed by atoms with E-state index < -0.39 is 0 Å². The molecule has 0 aliphatic heterocycles. The molecule has 0 unspecified atom stereocenters. The van der Waals surface area contributed by atoms with Crippen molar-refractivity contribution in [3.05, 3.63) is 65.0 Å². The summed E-state index contributed by atoms with van der Waals surface area (Å²) in [6, 6.07) is 14.1. The Hall–Kier alpha value is -2.18. The van der Waals surface area contributed by atoms with Gasteiger partial charge < -0.3 is 5.32 Å². The first kappa shape index (κ1) is 13.3. The lowest BCUT2D eigenvalue weighted by Crippen LogP contribution is -2.19. The normalized spacial score (nSPS) is 11.8. The standard InChI is InChI=1S/C16H17N3/c1-12-9-14(10-17)6-7-15(12)11-19-13(2)16-5-3-4-8-18-16/h3-9,13,19H,11H2,1-2H3/t13-/m1/s1. The summed E-state index contributed by atoms with van der Waals surface area (Å²) in [4.78, 5) is 4.34. The van der Waals surface area contributed by atoms with Crippen molar-refractivity contribution in [3.63, 3.8) is 0 Å². The first-order valence-corrected chi connectivity index (χ1v) is 6.34. The Bertz CT molecular complexity index is 585. The molecule has 0 saturated carbocycles. The van der Waals surface area contributed by atoms with Gasteiger partial charge in [0.2, 0.25) is 0 Å². The Balaban J connectivity index is 2.01. The second kappa shape index (κ2) is 6.12. The predicted octanol–water partition coefficient (Wildman–Crippen LogP) is 3.11. The van der Waals surface area contributed by atoms with Gasteiger partial charge in [-0.25, -0.2) is 0 Å². The predicted molar refractivity (Wildman–Crippen MR) is 75.4 cm³/mol. The van der Waals surface area contributed by atoms with Crippen molar-refractivity contribution in [1.29, 1.82) is 5.26 Å². The van der Waals surface area contributed by atoms with Crippen LogP contribution in [0, 0.1) is 18.3 Å². The molecule has 3 nitrogen and oxygen atoms in total. The van der Waals surface area contributed by atoms with Crippen LogP contribution in [-0.4, -0.2) is 4.98 Å². The van der Waals surface area contributed by atoms with Crippen molar-refractivity contribution in [3.8, 4) is 6.07 Å². The van der Waals surface area contributed by atoms with E-state index in [1.807, 2.05) is 43.3 Å². The first-order chi connectivity index (χ1) is 9.20. The third kappa shape index (κ3) is 3.40. The summed E-state index contributed by atoms with van der Waals surface area (Å²) in [7, 11) is 0. The van der Waals surface area contributed by atoms with Crippen LogP contribution in [-0.2, 0) is 6.54 Å². The van der Waals surface area contributed by atoms with Crippen molar-refractivity contribution < 1.29 is 0 Å². The highest BCUT2D eigenvalue weighted by Crippen LogP contribution is 2.13. The molecule has 0 bridgehead atoms. The average molecular weight is 251 g/mol. The van der Waals surface area contributed by atoms with Gasteiger partial charge in [0.15, 0.2) is 0 Å². The number of hydrogen-bond donors (Lipinski definition) is 1. The van der Waals surface area contributed by atoms with E-state index in [1.165, 1.54) is 5.56 Å². The molecule has 1 atom stereocenters. The quantitative estimate of drug-likeness (QED) is 0.908. The van der Waals surface area contributed by atoms with Crippen LogP contribution in [0.2, 0.25) is 0 Å². The molecule has 1 aromatic heterocycles. The molecule has 3 heteroatoms. The second-order valence-electron chi connectivity index (χ2n) is 4.61. The number of aromatic nitrogens is 1. The Kier molecular flexibility index (Phi) is 4.27. The largest absolute Gasteiger partial charge is 0.305 e. The third-order valence-corrected chi connectivity index (χ3v) is 3.20. The average Bonchev–Trinajstić information content (AvgIpc) is 2.46. The first-order valence-electron chi connectivity index (χ1n) is 6.34. The van der Waals surface area contributed by atoms with E-state index in [-0.39, 0.29) is 6.04 Å². The molecule has 2 aromatic rings. The number of hydrogen-bond acceptors (Lipinski definition) is 3. The van der Waals surface area contributed by atoms with Crippen LogP contribution in [0.25, 0.3) is 0 Å². The lowest BCUT2D eigenvalue weighted by atomic mass is 10.1. The van der Waals surface area contributed by atoms with E-state index >= 15 is 0 Å². The highest BCUT2D eigenvalue weighted by molar-refractivity contribution is 5.37. The molecule has 96 valence electrons. The van der Waals surface area contributed by atoms with E-state index in [2.05, 4.69) is 23.3 Å². The van der Waals surface area contributed by atoms with Gasteiger partial charge in [-0.2, -0.15) is 5.26 Å².